The van der Waals surface area contributed by atoms with Gasteiger partial charge < -0.3 is 5.73 Å². The van der Waals surface area contributed by atoms with E-state index in [0.717, 1.165) is 22.0 Å². The summed E-state index contributed by atoms with van der Waals surface area (Å²) in [6.45, 7) is 0. The molecule has 0 bridgehead atoms. The minimum atomic E-state index is -0.315. The predicted octanol–water partition coefficient (Wildman–Crippen LogP) is 4.59. The topological polar surface area (TPSA) is 38.9 Å². The lowest BCUT2D eigenvalue weighted by atomic mass is 9.97. The summed E-state index contributed by atoms with van der Waals surface area (Å²) in [5, 5.41) is 2.22. The molecule has 2 aromatic carbocycles. The molecule has 0 spiro atoms. The number of para-hydroxylation sites is 1. The minimum absolute atomic E-state index is 0.315. The zero-order chi connectivity index (χ0) is 14.1. The second-order valence-electron chi connectivity index (χ2n) is 4.60. The monoisotopic (exact) mass is 302 g/mol. The average molecular weight is 303 g/mol. The number of nitrogens with zero attached hydrogens (tertiary/aromatic N) is 1. The van der Waals surface area contributed by atoms with Crippen molar-refractivity contribution in [3.05, 3.63) is 75.9 Å². The lowest BCUT2D eigenvalue weighted by Gasteiger charge is -2.15. The highest BCUT2D eigenvalue weighted by Crippen LogP contribution is 2.29. The second kappa shape index (κ2) is 5.41. The highest BCUT2D eigenvalue weighted by Gasteiger charge is 2.14. The van der Waals surface area contributed by atoms with E-state index < -0.39 is 0 Å². The van der Waals surface area contributed by atoms with Crippen molar-refractivity contribution in [2.45, 2.75) is 6.04 Å². The van der Waals surface area contributed by atoms with Crippen molar-refractivity contribution in [3.63, 3.8) is 0 Å². The minimum Gasteiger partial charge on any atom is -0.320 e. The normalized spacial score (nSPS) is 12.6. The Morgan fingerprint density at radius 2 is 1.65 bits per heavy atom. The van der Waals surface area contributed by atoms with E-state index in [9.17, 15) is 0 Å². The molecule has 0 aliphatic rings. The molecule has 0 aliphatic heterocycles. The Kier molecular flexibility index (Phi) is 3.62. The Bertz CT molecular complexity index is 746. The fourth-order valence-corrected chi connectivity index (χ4v) is 2.86. The molecule has 0 saturated heterocycles. The summed E-state index contributed by atoms with van der Waals surface area (Å²) in [5.74, 6) is 0. The summed E-state index contributed by atoms with van der Waals surface area (Å²) >= 11 is 12.1. The van der Waals surface area contributed by atoms with Crippen molar-refractivity contribution in [3.8, 4) is 0 Å². The van der Waals surface area contributed by atoms with E-state index in [2.05, 4.69) is 4.98 Å². The largest absolute Gasteiger partial charge is 0.320 e. The lowest BCUT2D eigenvalue weighted by molar-refractivity contribution is 0.877. The summed E-state index contributed by atoms with van der Waals surface area (Å²) in [5.41, 5.74) is 9.10. The summed E-state index contributed by atoms with van der Waals surface area (Å²) < 4.78 is 0. The van der Waals surface area contributed by atoms with Crippen molar-refractivity contribution in [1.82, 2.24) is 4.98 Å². The van der Waals surface area contributed by atoms with E-state index in [1.807, 2.05) is 42.5 Å². The first kappa shape index (κ1) is 13.4. The zero-order valence-electron chi connectivity index (χ0n) is 10.6. The van der Waals surface area contributed by atoms with Crippen molar-refractivity contribution in [2.24, 2.45) is 5.73 Å². The molecule has 4 heteroatoms. The molecule has 3 rings (SSSR count). The zero-order valence-corrected chi connectivity index (χ0v) is 12.1. The van der Waals surface area contributed by atoms with Crippen molar-refractivity contribution < 1.29 is 0 Å². The number of fused-ring (bicyclic) bond motifs is 1. The maximum atomic E-state index is 6.36. The van der Waals surface area contributed by atoms with Crippen molar-refractivity contribution in [2.75, 3.05) is 0 Å². The van der Waals surface area contributed by atoms with Gasteiger partial charge in [0.25, 0.3) is 0 Å². The quantitative estimate of drug-likeness (QED) is 0.752. The third-order valence-electron chi connectivity index (χ3n) is 3.24. The van der Waals surface area contributed by atoms with E-state index >= 15 is 0 Å². The average Bonchev–Trinajstić information content (AvgIpc) is 2.45. The fourth-order valence-electron chi connectivity index (χ4n) is 2.31. The smallest absolute Gasteiger partial charge is 0.0753 e. The summed E-state index contributed by atoms with van der Waals surface area (Å²) in [6, 6.07) is 15.0. The molecule has 0 aliphatic carbocycles. The molecule has 1 heterocycles. The maximum absolute atomic E-state index is 6.36. The van der Waals surface area contributed by atoms with Crippen LogP contribution in [0.4, 0.5) is 0 Å². The molecule has 1 atom stereocenters. The number of hydrogen-bond acceptors (Lipinski definition) is 2. The fraction of sp³-hybridized carbons (Fsp3) is 0.0625. The Morgan fingerprint density at radius 1 is 0.950 bits per heavy atom. The first-order valence-electron chi connectivity index (χ1n) is 6.20. The number of nitrogens with two attached hydrogens (primary N) is 1. The van der Waals surface area contributed by atoms with Gasteiger partial charge in [0.2, 0.25) is 0 Å². The van der Waals surface area contributed by atoms with Crippen LogP contribution in [0.5, 0.6) is 0 Å². The molecule has 2 nitrogen and oxygen atoms in total. The van der Waals surface area contributed by atoms with Crippen LogP contribution in [-0.4, -0.2) is 4.98 Å². The summed E-state index contributed by atoms with van der Waals surface area (Å²) in [6.07, 6.45) is 1.77. The molecule has 3 aromatic rings. The van der Waals surface area contributed by atoms with Gasteiger partial charge in [-0.15, -0.1) is 0 Å². The van der Waals surface area contributed by atoms with Gasteiger partial charge in [-0.25, -0.2) is 0 Å². The number of benzene rings is 2. The first-order chi connectivity index (χ1) is 9.65. The molecule has 0 saturated carbocycles. The van der Waals surface area contributed by atoms with Gasteiger partial charge in [-0.05, 0) is 35.4 Å². The molecule has 2 N–H and O–H groups in total. The van der Waals surface area contributed by atoms with Crippen LogP contribution in [0, 0.1) is 0 Å². The van der Waals surface area contributed by atoms with Gasteiger partial charge in [0.1, 0.15) is 0 Å². The second-order valence-corrected chi connectivity index (χ2v) is 5.48. The van der Waals surface area contributed by atoms with Gasteiger partial charge in [-0.2, -0.15) is 0 Å². The van der Waals surface area contributed by atoms with Crippen LogP contribution < -0.4 is 5.73 Å². The molecule has 0 radical (unpaired) electrons. The van der Waals surface area contributed by atoms with Crippen LogP contribution in [-0.2, 0) is 0 Å². The van der Waals surface area contributed by atoms with Gasteiger partial charge in [-0.1, -0.05) is 47.5 Å². The third-order valence-corrected chi connectivity index (χ3v) is 3.68. The van der Waals surface area contributed by atoms with Gasteiger partial charge in [0.15, 0.2) is 0 Å². The number of aromatic nitrogens is 1. The maximum Gasteiger partial charge on any atom is 0.0753 e. The standard InChI is InChI=1S/C16H12Cl2N2/c17-12-7-11(8-13(18)9-12)15(19)14-5-1-3-10-4-2-6-20-16(10)14/h1-9,15H,19H2. The van der Waals surface area contributed by atoms with Gasteiger partial charge in [0.05, 0.1) is 11.6 Å². The highest BCUT2D eigenvalue weighted by molar-refractivity contribution is 6.34. The number of pyridine rings is 1. The molecular formula is C16H12Cl2N2. The molecule has 100 valence electrons. The van der Waals surface area contributed by atoms with Crippen LogP contribution in [0.1, 0.15) is 17.2 Å². The number of halogens is 2. The Hall–Kier alpha value is -1.61. The number of rotatable bonds is 2. The predicted molar refractivity (Wildman–Crippen MR) is 84.2 cm³/mol. The molecule has 0 amide bonds. The Balaban J connectivity index is 2.15. The van der Waals surface area contributed by atoms with E-state index in [4.69, 9.17) is 28.9 Å². The van der Waals surface area contributed by atoms with Gasteiger partial charge in [0, 0.05) is 21.6 Å². The lowest BCUT2D eigenvalue weighted by Crippen LogP contribution is -2.12. The molecular weight excluding hydrogens is 291 g/mol. The van der Waals surface area contributed by atoms with Gasteiger partial charge in [-0.3, -0.25) is 4.98 Å². The molecule has 1 aromatic heterocycles. The van der Waals surface area contributed by atoms with E-state index in [1.165, 1.54) is 0 Å². The molecule has 20 heavy (non-hydrogen) atoms. The van der Waals surface area contributed by atoms with Crippen LogP contribution in [0.2, 0.25) is 10.0 Å². The van der Waals surface area contributed by atoms with E-state index in [1.54, 1.807) is 12.3 Å². The molecule has 1 unspecified atom stereocenters. The third kappa shape index (κ3) is 2.50. The highest BCUT2D eigenvalue weighted by atomic mass is 35.5. The Labute approximate surface area is 127 Å². The Morgan fingerprint density at radius 3 is 2.40 bits per heavy atom. The van der Waals surface area contributed by atoms with E-state index in [-0.39, 0.29) is 6.04 Å². The summed E-state index contributed by atoms with van der Waals surface area (Å²) in [4.78, 5) is 4.43. The SMILES string of the molecule is NC(c1cc(Cl)cc(Cl)c1)c1cccc2cccnc12. The van der Waals surface area contributed by atoms with Crippen LogP contribution in [0.15, 0.2) is 54.7 Å². The van der Waals surface area contributed by atoms with Gasteiger partial charge >= 0.3 is 0 Å². The van der Waals surface area contributed by atoms with E-state index in [0.29, 0.717) is 10.0 Å². The van der Waals surface area contributed by atoms with Crippen LogP contribution in [0.3, 0.4) is 0 Å². The van der Waals surface area contributed by atoms with Crippen LogP contribution >= 0.6 is 23.2 Å². The first-order valence-corrected chi connectivity index (χ1v) is 6.96. The summed E-state index contributed by atoms with van der Waals surface area (Å²) in [7, 11) is 0. The van der Waals surface area contributed by atoms with Crippen molar-refractivity contribution in [1.29, 1.82) is 0 Å². The number of hydrogen-bond donors (Lipinski definition) is 1. The molecule has 0 fully saturated rings. The van der Waals surface area contributed by atoms with Crippen molar-refractivity contribution >= 4 is 34.1 Å². The van der Waals surface area contributed by atoms with Crippen LogP contribution in [0.25, 0.3) is 10.9 Å².